The van der Waals surface area contributed by atoms with Crippen LogP contribution in [-0.2, 0) is 10.0 Å². The number of aromatic nitrogens is 1. The van der Waals surface area contributed by atoms with E-state index in [0.717, 1.165) is 6.26 Å². The number of aryl methyl sites for hydroxylation is 1. The molecule has 0 aliphatic carbocycles. The molecule has 0 saturated carbocycles. The van der Waals surface area contributed by atoms with E-state index in [0.29, 0.717) is 31.0 Å². The monoisotopic (exact) mass is 287 g/mol. The fourth-order valence-electron chi connectivity index (χ4n) is 1.45. The van der Waals surface area contributed by atoms with Crippen molar-refractivity contribution < 1.29 is 18.3 Å². The lowest BCUT2D eigenvalue weighted by Gasteiger charge is -2.07. The Morgan fingerprint density at radius 2 is 2.05 bits per heavy atom. The average Bonchev–Trinajstić information content (AvgIpc) is 2.26. The molecule has 1 rings (SSSR count). The molecule has 106 valence electrons. The van der Waals surface area contributed by atoms with Crippen molar-refractivity contribution in [3.05, 3.63) is 23.4 Å². The first-order chi connectivity index (χ1) is 8.79. The first-order valence-electron chi connectivity index (χ1n) is 5.69. The Labute approximate surface area is 112 Å². The van der Waals surface area contributed by atoms with Crippen LogP contribution in [0.3, 0.4) is 0 Å². The zero-order chi connectivity index (χ0) is 14.5. The van der Waals surface area contributed by atoms with Crippen LogP contribution in [0.1, 0.15) is 22.5 Å². The van der Waals surface area contributed by atoms with Crippen LogP contribution in [0, 0.1) is 6.92 Å². The van der Waals surface area contributed by atoms with Crippen LogP contribution in [-0.4, -0.2) is 43.8 Å². The van der Waals surface area contributed by atoms with E-state index >= 15 is 0 Å². The molecule has 8 heteroatoms. The number of carboxylic acid groups (broad SMARTS) is 1. The summed E-state index contributed by atoms with van der Waals surface area (Å²) in [4.78, 5) is 14.9. The van der Waals surface area contributed by atoms with Gasteiger partial charge in [-0.25, -0.2) is 22.9 Å². The normalized spacial score (nSPS) is 11.3. The zero-order valence-electron chi connectivity index (χ0n) is 10.8. The summed E-state index contributed by atoms with van der Waals surface area (Å²) in [5.41, 5.74) is 0.607. The van der Waals surface area contributed by atoms with Crippen molar-refractivity contribution in [2.75, 3.05) is 24.7 Å². The summed E-state index contributed by atoms with van der Waals surface area (Å²) in [5, 5.41) is 11.9. The van der Waals surface area contributed by atoms with Crippen LogP contribution in [0.15, 0.2) is 12.1 Å². The maximum Gasteiger partial charge on any atom is 0.337 e. The van der Waals surface area contributed by atoms with Gasteiger partial charge in [0, 0.05) is 13.1 Å². The highest BCUT2D eigenvalue weighted by Crippen LogP contribution is 2.10. The second-order valence-corrected chi connectivity index (χ2v) is 5.91. The molecule has 19 heavy (non-hydrogen) atoms. The van der Waals surface area contributed by atoms with Gasteiger partial charge in [0.1, 0.15) is 5.82 Å². The Morgan fingerprint density at radius 1 is 1.37 bits per heavy atom. The maximum absolute atomic E-state index is 10.8. The van der Waals surface area contributed by atoms with Crippen molar-refractivity contribution in [1.29, 1.82) is 0 Å². The van der Waals surface area contributed by atoms with Gasteiger partial charge in [-0.3, -0.25) is 0 Å². The second-order valence-electron chi connectivity index (χ2n) is 4.08. The number of nitrogens with one attached hydrogen (secondary N) is 2. The molecule has 1 heterocycles. The predicted octanol–water partition coefficient (Wildman–Crippen LogP) is 0.439. The highest BCUT2D eigenvalue weighted by atomic mass is 32.2. The highest BCUT2D eigenvalue weighted by Gasteiger charge is 2.08. The first kappa shape index (κ1) is 15.4. The standard InChI is InChI=1S/C11H17N3O4S/c1-8-9(11(15)16)4-5-10(14-8)12-6-3-7-13-19(2,17)18/h4-5,13H,3,6-7H2,1-2H3,(H,12,14)(H,15,16). The van der Waals surface area contributed by atoms with Gasteiger partial charge in [-0.2, -0.15) is 0 Å². The van der Waals surface area contributed by atoms with Crippen LogP contribution in [0.4, 0.5) is 5.82 Å². The molecule has 0 spiro atoms. The number of nitrogens with zero attached hydrogens (tertiary/aromatic N) is 1. The fourth-order valence-corrected chi connectivity index (χ4v) is 1.96. The topological polar surface area (TPSA) is 108 Å². The Morgan fingerprint density at radius 3 is 2.58 bits per heavy atom. The number of hydrogen-bond acceptors (Lipinski definition) is 5. The molecule has 1 aromatic rings. The molecule has 7 nitrogen and oxygen atoms in total. The van der Waals surface area contributed by atoms with Crippen molar-refractivity contribution in [1.82, 2.24) is 9.71 Å². The van der Waals surface area contributed by atoms with Crippen molar-refractivity contribution in [3.63, 3.8) is 0 Å². The average molecular weight is 287 g/mol. The smallest absolute Gasteiger partial charge is 0.337 e. The van der Waals surface area contributed by atoms with Crippen LogP contribution in [0.2, 0.25) is 0 Å². The van der Waals surface area contributed by atoms with E-state index in [2.05, 4.69) is 15.0 Å². The number of rotatable bonds is 7. The Hall–Kier alpha value is -1.67. The Balaban J connectivity index is 2.42. The third-order valence-electron chi connectivity index (χ3n) is 2.34. The van der Waals surface area contributed by atoms with Gasteiger partial charge in [-0.1, -0.05) is 0 Å². The summed E-state index contributed by atoms with van der Waals surface area (Å²) in [7, 11) is -3.15. The van der Waals surface area contributed by atoms with E-state index in [1.165, 1.54) is 6.07 Å². The van der Waals surface area contributed by atoms with Gasteiger partial charge in [0.2, 0.25) is 10.0 Å². The van der Waals surface area contributed by atoms with Gasteiger partial charge in [0.05, 0.1) is 17.5 Å². The van der Waals surface area contributed by atoms with Crippen molar-refractivity contribution >= 4 is 21.8 Å². The van der Waals surface area contributed by atoms with Gasteiger partial charge < -0.3 is 10.4 Å². The van der Waals surface area contributed by atoms with Gasteiger partial charge >= 0.3 is 5.97 Å². The minimum absolute atomic E-state index is 0.171. The Bertz CT molecular complexity index is 557. The summed E-state index contributed by atoms with van der Waals surface area (Å²) < 4.78 is 24.0. The van der Waals surface area contributed by atoms with Crippen LogP contribution in [0.25, 0.3) is 0 Å². The molecule has 3 N–H and O–H groups in total. The number of anilines is 1. The minimum atomic E-state index is -3.15. The molecule has 0 radical (unpaired) electrons. The summed E-state index contributed by atoms with van der Waals surface area (Å²) in [5.74, 6) is -0.434. The molecular weight excluding hydrogens is 270 g/mol. The summed E-state index contributed by atoms with van der Waals surface area (Å²) in [6.07, 6.45) is 1.71. The lowest BCUT2D eigenvalue weighted by Crippen LogP contribution is -2.24. The number of carboxylic acids is 1. The molecule has 0 saturated heterocycles. The van der Waals surface area contributed by atoms with Gasteiger partial charge in [-0.05, 0) is 25.5 Å². The molecule has 0 amide bonds. The number of sulfonamides is 1. The second kappa shape index (κ2) is 6.48. The van der Waals surface area contributed by atoms with E-state index in [-0.39, 0.29) is 5.56 Å². The van der Waals surface area contributed by atoms with E-state index in [1.54, 1.807) is 13.0 Å². The Kier molecular flexibility index (Phi) is 5.25. The van der Waals surface area contributed by atoms with Gasteiger partial charge in [-0.15, -0.1) is 0 Å². The molecular formula is C11H17N3O4S. The molecule has 0 unspecified atom stereocenters. The van der Waals surface area contributed by atoms with Gasteiger partial charge in [0.15, 0.2) is 0 Å². The molecule has 0 aromatic carbocycles. The highest BCUT2D eigenvalue weighted by molar-refractivity contribution is 7.88. The summed E-state index contributed by atoms with van der Waals surface area (Å²) in [6.45, 7) is 2.51. The van der Waals surface area contributed by atoms with E-state index in [1.807, 2.05) is 0 Å². The predicted molar refractivity (Wildman–Crippen MR) is 71.9 cm³/mol. The lowest BCUT2D eigenvalue weighted by molar-refractivity contribution is 0.0695. The van der Waals surface area contributed by atoms with Crippen molar-refractivity contribution in [2.45, 2.75) is 13.3 Å². The van der Waals surface area contributed by atoms with E-state index in [9.17, 15) is 13.2 Å². The van der Waals surface area contributed by atoms with Gasteiger partial charge in [0.25, 0.3) is 0 Å². The lowest BCUT2D eigenvalue weighted by atomic mass is 10.2. The summed E-state index contributed by atoms with van der Waals surface area (Å²) in [6, 6.07) is 3.07. The summed E-state index contributed by atoms with van der Waals surface area (Å²) >= 11 is 0. The fraction of sp³-hybridized carbons (Fsp3) is 0.455. The van der Waals surface area contributed by atoms with Crippen LogP contribution >= 0.6 is 0 Å². The van der Waals surface area contributed by atoms with Crippen molar-refractivity contribution in [3.8, 4) is 0 Å². The minimum Gasteiger partial charge on any atom is -0.478 e. The number of carbonyl (C=O) groups is 1. The van der Waals surface area contributed by atoms with E-state index < -0.39 is 16.0 Å². The van der Waals surface area contributed by atoms with E-state index in [4.69, 9.17) is 5.11 Å². The third kappa shape index (κ3) is 5.66. The third-order valence-corrected chi connectivity index (χ3v) is 3.07. The number of hydrogen-bond donors (Lipinski definition) is 3. The molecule has 0 atom stereocenters. The zero-order valence-corrected chi connectivity index (χ0v) is 11.6. The maximum atomic E-state index is 10.8. The molecule has 0 aliphatic heterocycles. The SMILES string of the molecule is Cc1nc(NCCCNS(C)(=O)=O)ccc1C(=O)O. The molecule has 0 aliphatic rings. The first-order valence-corrected chi connectivity index (χ1v) is 7.58. The van der Waals surface area contributed by atoms with Crippen LogP contribution < -0.4 is 10.0 Å². The number of pyridine rings is 1. The quantitative estimate of drug-likeness (QED) is 0.628. The number of aromatic carboxylic acids is 1. The van der Waals surface area contributed by atoms with Crippen molar-refractivity contribution in [2.24, 2.45) is 0 Å². The molecule has 0 bridgehead atoms. The largest absolute Gasteiger partial charge is 0.478 e. The molecule has 0 fully saturated rings. The van der Waals surface area contributed by atoms with Crippen LogP contribution in [0.5, 0.6) is 0 Å². The molecule has 1 aromatic heterocycles.